The highest BCUT2D eigenvalue weighted by molar-refractivity contribution is 5.74. The Balaban J connectivity index is 2.17. The van der Waals surface area contributed by atoms with Crippen LogP contribution in [0.3, 0.4) is 0 Å². The van der Waals surface area contributed by atoms with E-state index in [4.69, 9.17) is 5.73 Å². The molecule has 2 aromatic heterocycles. The van der Waals surface area contributed by atoms with E-state index in [1.807, 2.05) is 38.1 Å². The van der Waals surface area contributed by atoms with Gasteiger partial charge < -0.3 is 5.73 Å². The Bertz CT molecular complexity index is 883. The number of para-hydroxylation sites is 2. The number of fused-ring (bicyclic) bond motifs is 1. The van der Waals surface area contributed by atoms with Crippen molar-refractivity contribution >= 4 is 16.7 Å². The quantitative estimate of drug-likeness (QED) is 0.779. The Hall–Kier alpha value is -2.69. The zero-order valence-corrected chi connectivity index (χ0v) is 12.0. The van der Waals surface area contributed by atoms with Gasteiger partial charge in [0, 0.05) is 11.9 Å². The summed E-state index contributed by atoms with van der Waals surface area (Å²) >= 11 is 0. The van der Waals surface area contributed by atoms with Crippen LogP contribution >= 0.6 is 0 Å². The van der Waals surface area contributed by atoms with Gasteiger partial charge in [0.2, 0.25) is 0 Å². The Morgan fingerprint density at radius 1 is 1.14 bits per heavy atom. The lowest BCUT2D eigenvalue weighted by Gasteiger charge is -2.13. The first-order valence-corrected chi connectivity index (χ1v) is 6.73. The summed E-state index contributed by atoms with van der Waals surface area (Å²) in [4.78, 5) is 20.7. The van der Waals surface area contributed by atoms with Crippen molar-refractivity contribution in [3.05, 3.63) is 63.8 Å². The molecule has 0 spiro atoms. The van der Waals surface area contributed by atoms with E-state index < -0.39 is 0 Å². The van der Waals surface area contributed by atoms with Crippen LogP contribution in [0.5, 0.6) is 0 Å². The van der Waals surface area contributed by atoms with Gasteiger partial charge in [0.1, 0.15) is 0 Å². The van der Waals surface area contributed by atoms with Crippen molar-refractivity contribution < 1.29 is 0 Å². The van der Waals surface area contributed by atoms with E-state index in [9.17, 15) is 4.79 Å². The number of nitrogens with zero attached hydrogens (tertiary/aromatic N) is 3. The highest BCUT2D eigenvalue weighted by Gasteiger charge is 2.10. The van der Waals surface area contributed by atoms with Crippen molar-refractivity contribution in [3.8, 4) is 0 Å². The molecule has 0 amide bonds. The highest BCUT2D eigenvalue weighted by Crippen LogP contribution is 2.19. The molecule has 5 heteroatoms. The van der Waals surface area contributed by atoms with E-state index in [0.717, 1.165) is 33.5 Å². The number of benzene rings is 1. The summed E-state index contributed by atoms with van der Waals surface area (Å²) in [7, 11) is 0. The fourth-order valence-corrected chi connectivity index (χ4v) is 2.38. The molecule has 3 rings (SSSR count). The second-order valence-corrected chi connectivity index (χ2v) is 5.10. The SMILES string of the molecule is Cc1cnc(Cn2c(=O)cnc3ccccc32)c(C)c1N. The fourth-order valence-electron chi connectivity index (χ4n) is 2.38. The number of nitrogens with two attached hydrogens (primary N) is 1. The van der Waals surface area contributed by atoms with Crippen LogP contribution in [0.1, 0.15) is 16.8 Å². The van der Waals surface area contributed by atoms with Crippen LogP contribution in [0.2, 0.25) is 0 Å². The molecule has 0 aliphatic heterocycles. The molecule has 0 atom stereocenters. The number of pyridine rings is 1. The molecule has 0 bridgehead atoms. The van der Waals surface area contributed by atoms with Crippen LogP contribution < -0.4 is 11.3 Å². The Labute approximate surface area is 122 Å². The molecule has 5 nitrogen and oxygen atoms in total. The Kier molecular flexibility index (Phi) is 3.17. The van der Waals surface area contributed by atoms with Gasteiger partial charge in [-0.2, -0.15) is 0 Å². The minimum atomic E-state index is -0.144. The maximum Gasteiger partial charge on any atom is 0.269 e. The van der Waals surface area contributed by atoms with Crippen molar-refractivity contribution in [2.45, 2.75) is 20.4 Å². The topological polar surface area (TPSA) is 73.8 Å². The van der Waals surface area contributed by atoms with Gasteiger partial charge in [0.15, 0.2) is 0 Å². The van der Waals surface area contributed by atoms with Gasteiger partial charge in [-0.25, -0.2) is 4.98 Å². The zero-order chi connectivity index (χ0) is 15.0. The van der Waals surface area contributed by atoms with Crippen molar-refractivity contribution in [1.82, 2.24) is 14.5 Å². The summed E-state index contributed by atoms with van der Waals surface area (Å²) in [6.07, 6.45) is 3.08. The summed E-state index contributed by atoms with van der Waals surface area (Å²) in [5.74, 6) is 0. The van der Waals surface area contributed by atoms with Gasteiger partial charge in [0.25, 0.3) is 5.56 Å². The number of hydrogen-bond acceptors (Lipinski definition) is 4. The molecule has 0 aliphatic carbocycles. The third-order valence-corrected chi connectivity index (χ3v) is 3.74. The molecule has 2 N–H and O–H groups in total. The molecule has 1 aromatic carbocycles. The summed E-state index contributed by atoms with van der Waals surface area (Å²) in [5.41, 5.74) is 10.9. The summed E-state index contributed by atoms with van der Waals surface area (Å²) in [6, 6.07) is 7.56. The van der Waals surface area contributed by atoms with Crippen LogP contribution in [-0.4, -0.2) is 14.5 Å². The largest absolute Gasteiger partial charge is 0.398 e. The number of aryl methyl sites for hydroxylation is 1. The molecule has 0 radical (unpaired) electrons. The van der Waals surface area contributed by atoms with Crippen molar-refractivity contribution in [3.63, 3.8) is 0 Å². The van der Waals surface area contributed by atoms with Crippen LogP contribution in [0.25, 0.3) is 11.0 Å². The van der Waals surface area contributed by atoms with Crippen molar-refractivity contribution in [1.29, 1.82) is 0 Å². The standard InChI is InChI=1S/C16H16N4O/c1-10-7-18-13(11(2)16(10)17)9-20-14-6-4-3-5-12(14)19-8-15(20)21/h3-8H,9H2,1-2H3,(H2,17,18). The molecule has 21 heavy (non-hydrogen) atoms. The number of rotatable bonds is 2. The molecule has 0 unspecified atom stereocenters. The van der Waals surface area contributed by atoms with Crippen LogP contribution in [0, 0.1) is 13.8 Å². The monoisotopic (exact) mass is 280 g/mol. The number of aromatic nitrogens is 3. The molecule has 3 aromatic rings. The lowest BCUT2D eigenvalue weighted by atomic mass is 10.1. The predicted octanol–water partition coefficient (Wildman–Crippen LogP) is 2.04. The van der Waals surface area contributed by atoms with E-state index >= 15 is 0 Å². The lowest BCUT2D eigenvalue weighted by molar-refractivity contribution is 0.758. The van der Waals surface area contributed by atoms with Crippen molar-refractivity contribution in [2.75, 3.05) is 5.73 Å². The predicted molar refractivity (Wildman–Crippen MR) is 83.2 cm³/mol. The van der Waals surface area contributed by atoms with E-state index in [2.05, 4.69) is 9.97 Å². The number of hydrogen-bond donors (Lipinski definition) is 1. The van der Waals surface area contributed by atoms with Crippen LogP contribution in [-0.2, 0) is 6.54 Å². The second-order valence-electron chi connectivity index (χ2n) is 5.10. The molecule has 0 saturated heterocycles. The van der Waals surface area contributed by atoms with Gasteiger partial charge in [0.05, 0.1) is 29.5 Å². The van der Waals surface area contributed by atoms with Gasteiger partial charge in [-0.15, -0.1) is 0 Å². The fraction of sp³-hybridized carbons (Fsp3) is 0.188. The third kappa shape index (κ3) is 2.27. The molecular formula is C16H16N4O. The van der Waals surface area contributed by atoms with E-state index in [-0.39, 0.29) is 5.56 Å². The Morgan fingerprint density at radius 3 is 2.71 bits per heavy atom. The van der Waals surface area contributed by atoms with E-state index in [1.165, 1.54) is 6.20 Å². The molecular weight excluding hydrogens is 264 g/mol. The molecule has 0 fully saturated rings. The van der Waals surface area contributed by atoms with Gasteiger partial charge in [-0.05, 0) is 37.1 Å². The molecule has 2 heterocycles. The lowest BCUT2D eigenvalue weighted by Crippen LogP contribution is -2.22. The smallest absolute Gasteiger partial charge is 0.269 e. The number of anilines is 1. The maximum atomic E-state index is 12.1. The van der Waals surface area contributed by atoms with E-state index in [1.54, 1.807) is 10.8 Å². The van der Waals surface area contributed by atoms with Gasteiger partial charge >= 0.3 is 0 Å². The third-order valence-electron chi connectivity index (χ3n) is 3.74. The maximum absolute atomic E-state index is 12.1. The summed E-state index contributed by atoms with van der Waals surface area (Å²) in [5, 5.41) is 0. The first kappa shape index (κ1) is 13.3. The molecule has 0 aliphatic rings. The molecule has 106 valence electrons. The normalized spacial score (nSPS) is 11.0. The minimum absolute atomic E-state index is 0.144. The first-order valence-electron chi connectivity index (χ1n) is 6.73. The second kappa shape index (κ2) is 5.01. The zero-order valence-electron chi connectivity index (χ0n) is 12.0. The summed E-state index contributed by atoms with van der Waals surface area (Å²) in [6.45, 7) is 4.24. The van der Waals surface area contributed by atoms with Crippen molar-refractivity contribution in [2.24, 2.45) is 0 Å². The molecule has 0 saturated carbocycles. The van der Waals surface area contributed by atoms with Gasteiger partial charge in [-0.3, -0.25) is 14.3 Å². The average molecular weight is 280 g/mol. The van der Waals surface area contributed by atoms with Crippen LogP contribution in [0.15, 0.2) is 41.5 Å². The Morgan fingerprint density at radius 2 is 1.90 bits per heavy atom. The van der Waals surface area contributed by atoms with E-state index in [0.29, 0.717) is 6.54 Å². The average Bonchev–Trinajstić information content (AvgIpc) is 2.50. The van der Waals surface area contributed by atoms with Crippen LogP contribution in [0.4, 0.5) is 5.69 Å². The minimum Gasteiger partial charge on any atom is -0.398 e. The summed E-state index contributed by atoms with van der Waals surface area (Å²) < 4.78 is 1.67. The number of nitrogen functional groups attached to an aromatic ring is 1. The highest BCUT2D eigenvalue weighted by atomic mass is 16.1. The van der Waals surface area contributed by atoms with Gasteiger partial charge in [-0.1, -0.05) is 12.1 Å². The first-order chi connectivity index (χ1) is 10.1.